The van der Waals surface area contributed by atoms with E-state index in [2.05, 4.69) is 20.4 Å². The van der Waals surface area contributed by atoms with E-state index in [1.54, 1.807) is 16.9 Å². The molecule has 0 aliphatic carbocycles. The lowest BCUT2D eigenvalue weighted by Gasteiger charge is -2.06. The maximum Gasteiger partial charge on any atom is 0.257 e. The van der Waals surface area contributed by atoms with Crippen LogP contribution in [-0.4, -0.2) is 25.7 Å². The lowest BCUT2D eigenvalue weighted by Crippen LogP contribution is -2.12. The molecule has 3 aromatic rings. The molecule has 6 nitrogen and oxygen atoms in total. The number of hydrogen-bond donors (Lipinski definition) is 1. The van der Waals surface area contributed by atoms with Gasteiger partial charge in [-0.2, -0.15) is 5.10 Å². The Labute approximate surface area is 125 Å². The second kappa shape index (κ2) is 5.14. The minimum atomic E-state index is -0.301. The van der Waals surface area contributed by atoms with Crippen molar-refractivity contribution in [2.75, 3.05) is 5.32 Å². The Bertz CT molecular complexity index is 842. The fraction of sp³-hybridized carbons (Fsp3) is 0.143. The Morgan fingerprint density at radius 1 is 1.38 bits per heavy atom. The van der Waals surface area contributed by atoms with Crippen LogP contribution in [0.4, 0.5) is 5.69 Å². The summed E-state index contributed by atoms with van der Waals surface area (Å²) < 4.78 is 1.70. The Morgan fingerprint density at radius 3 is 2.95 bits per heavy atom. The number of anilines is 1. The molecule has 0 spiro atoms. The number of aromatic nitrogens is 4. The smallest absolute Gasteiger partial charge is 0.257 e. The van der Waals surface area contributed by atoms with Gasteiger partial charge in [-0.05, 0) is 19.1 Å². The van der Waals surface area contributed by atoms with Crippen molar-refractivity contribution in [3.05, 3.63) is 47.0 Å². The van der Waals surface area contributed by atoms with Gasteiger partial charge in [-0.15, -0.1) is 0 Å². The molecule has 0 aliphatic heterocycles. The Balaban J connectivity index is 1.93. The minimum absolute atomic E-state index is 0.301. The van der Waals surface area contributed by atoms with Crippen molar-refractivity contribution in [2.24, 2.45) is 7.05 Å². The molecule has 0 radical (unpaired) electrons. The third kappa shape index (κ3) is 2.45. The molecule has 3 heterocycles. The number of rotatable bonds is 2. The van der Waals surface area contributed by atoms with Gasteiger partial charge >= 0.3 is 0 Å². The third-order valence-corrected chi connectivity index (χ3v) is 3.44. The number of carbonyl (C=O) groups is 1. The molecule has 0 bridgehead atoms. The predicted molar refractivity (Wildman–Crippen MR) is 80.4 cm³/mol. The first-order valence-electron chi connectivity index (χ1n) is 6.26. The van der Waals surface area contributed by atoms with Crippen molar-refractivity contribution >= 4 is 34.2 Å². The van der Waals surface area contributed by atoms with Gasteiger partial charge in [0.05, 0.1) is 28.2 Å². The van der Waals surface area contributed by atoms with Crippen LogP contribution in [0.2, 0.25) is 5.02 Å². The number of amides is 1. The number of hydrogen-bond acceptors (Lipinski definition) is 4. The summed E-state index contributed by atoms with van der Waals surface area (Å²) in [4.78, 5) is 20.4. The average Bonchev–Trinajstić information content (AvgIpc) is 2.74. The molecule has 0 saturated heterocycles. The van der Waals surface area contributed by atoms with Crippen LogP contribution in [0, 0.1) is 6.92 Å². The Hall–Kier alpha value is -2.47. The van der Waals surface area contributed by atoms with Crippen molar-refractivity contribution in [1.29, 1.82) is 0 Å². The molecule has 3 rings (SSSR count). The molecular weight excluding hydrogens is 290 g/mol. The van der Waals surface area contributed by atoms with Crippen LogP contribution in [0.1, 0.15) is 16.1 Å². The molecule has 7 heteroatoms. The molecule has 0 fully saturated rings. The number of pyridine rings is 2. The van der Waals surface area contributed by atoms with Crippen LogP contribution in [0.5, 0.6) is 0 Å². The van der Waals surface area contributed by atoms with Gasteiger partial charge in [0.25, 0.3) is 5.91 Å². The number of aryl methyl sites for hydroxylation is 2. The van der Waals surface area contributed by atoms with E-state index in [0.29, 0.717) is 16.3 Å². The standard InChI is InChI=1S/C14H12ClN5O/c1-8-11-5-9(6-17-13(11)20(2)19-8)18-14(21)10-3-4-16-7-12(10)15/h3-7H,1-2H3,(H,18,21). The summed E-state index contributed by atoms with van der Waals surface area (Å²) in [6.45, 7) is 1.90. The van der Waals surface area contributed by atoms with Gasteiger partial charge in [0, 0.05) is 24.8 Å². The molecule has 1 N–H and O–H groups in total. The lowest BCUT2D eigenvalue weighted by atomic mass is 10.2. The van der Waals surface area contributed by atoms with Crippen molar-refractivity contribution in [3.8, 4) is 0 Å². The number of fused-ring (bicyclic) bond motifs is 1. The molecule has 106 valence electrons. The van der Waals surface area contributed by atoms with Gasteiger partial charge in [-0.3, -0.25) is 14.5 Å². The fourth-order valence-corrected chi connectivity index (χ4v) is 2.34. The summed E-state index contributed by atoms with van der Waals surface area (Å²) >= 11 is 5.96. The first-order valence-corrected chi connectivity index (χ1v) is 6.64. The summed E-state index contributed by atoms with van der Waals surface area (Å²) in [6.07, 6.45) is 4.55. The molecule has 0 atom stereocenters. The first-order chi connectivity index (χ1) is 10.1. The predicted octanol–water partition coefficient (Wildman–Crippen LogP) is 2.58. The molecule has 3 aromatic heterocycles. The van der Waals surface area contributed by atoms with E-state index in [1.165, 1.54) is 12.4 Å². The van der Waals surface area contributed by atoms with Gasteiger partial charge in [-0.1, -0.05) is 11.6 Å². The third-order valence-electron chi connectivity index (χ3n) is 3.14. The maximum atomic E-state index is 12.2. The van der Waals surface area contributed by atoms with Gasteiger partial charge < -0.3 is 5.32 Å². The van der Waals surface area contributed by atoms with Crippen LogP contribution >= 0.6 is 11.6 Å². The molecule has 0 aliphatic rings. The van der Waals surface area contributed by atoms with Crippen LogP contribution < -0.4 is 5.32 Å². The van der Waals surface area contributed by atoms with E-state index in [4.69, 9.17) is 11.6 Å². The molecule has 1 amide bonds. The molecule has 0 aromatic carbocycles. The van der Waals surface area contributed by atoms with E-state index in [0.717, 1.165) is 16.7 Å². The summed E-state index contributed by atoms with van der Waals surface area (Å²) in [6, 6.07) is 3.41. The summed E-state index contributed by atoms with van der Waals surface area (Å²) in [5.41, 5.74) is 2.59. The number of halogens is 1. The number of nitrogens with zero attached hydrogens (tertiary/aromatic N) is 4. The monoisotopic (exact) mass is 301 g/mol. The van der Waals surface area contributed by atoms with Crippen LogP contribution in [0.25, 0.3) is 11.0 Å². The van der Waals surface area contributed by atoms with E-state index in [9.17, 15) is 4.79 Å². The second-order valence-electron chi connectivity index (χ2n) is 4.61. The number of carbonyl (C=O) groups excluding carboxylic acids is 1. The zero-order chi connectivity index (χ0) is 15.0. The normalized spacial score (nSPS) is 10.8. The van der Waals surface area contributed by atoms with Gasteiger partial charge in [0.15, 0.2) is 5.65 Å². The summed E-state index contributed by atoms with van der Waals surface area (Å²) in [5.74, 6) is -0.301. The fourth-order valence-electron chi connectivity index (χ4n) is 2.13. The van der Waals surface area contributed by atoms with E-state index in [1.807, 2.05) is 20.0 Å². The zero-order valence-corrected chi connectivity index (χ0v) is 12.2. The van der Waals surface area contributed by atoms with Crippen molar-refractivity contribution < 1.29 is 4.79 Å². The van der Waals surface area contributed by atoms with Gasteiger partial charge in [0.1, 0.15) is 0 Å². The van der Waals surface area contributed by atoms with E-state index in [-0.39, 0.29) is 5.91 Å². The average molecular weight is 302 g/mol. The van der Waals surface area contributed by atoms with Gasteiger partial charge in [0.2, 0.25) is 0 Å². The van der Waals surface area contributed by atoms with Crippen molar-refractivity contribution in [2.45, 2.75) is 6.92 Å². The zero-order valence-electron chi connectivity index (χ0n) is 11.5. The van der Waals surface area contributed by atoms with Crippen molar-refractivity contribution in [3.63, 3.8) is 0 Å². The minimum Gasteiger partial charge on any atom is -0.321 e. The van der Waals surface area contributed by atoms with E-state index >= 15 is 0 Å². The summed E-state index contributed by atoms with van der Waals surface area (Å²) in [7, 11) is 1.83. The SMILES string of the molecule is Cc1nn(C)c2ncc(NC(=O)c3ccncc3Cl)cc12. The quantitative estimate of drug-likeness (QED) is 0.789. The lowest BCUT2D eigenvalue weighted by molar-refractivity contribution is 0.102. The second-order valence-corrected chi connectivity index (χ2v) is 5.02. The van der Waals surface area contributed by atoms with Crippen molar-refractivity contribution in [1.82, 2.24) is 19.7 Å². The largest absolute Gasteiger partial charge is 0.321 e. The number of nitrogens with one attached hydrogen (secondary N) is 1. The maximum absolute atomic E-state index is 12.2. The van der Waals surface area contributed by atoms with E-state index < -0.39 is 0 Å². The highest BCUT2D eigenvalue weighted by Gasteiger charge is 2.12. The van der Waals surface area contributed by atoms with Crippen LogP contribution in [0.15, 0.2) is 30.7 Å². The molecule has 0 unspecified atom stereocenters. The molecule has 0 saturated carbocycles. The summed E-state index contributed by atoms with van der Waals surface area (Å²) in [5, 5.41) is 8.28. The van der Waals surface area contributed by atoms with Crippen LogP contribution in [0.3, 0.4) is 0 Å². The highest BCUT2D eigenvalue weighted by atomic mass is 35.5. The Morgan fingerprint density at radius 2 is 2.19 bits per heavy atom. The van der Waals surface area contributed by atoms with Crippen LogP contribution in [-0.2, 0) is 7.05 Å². The first kappa shape index (κ1) is 13.5. The highest BCUT2D eigenvalue weighted by Crippen LogP contribution is 2.21. The topological polar surface area (TPSA) is 72.7 Å². The molecular formula is C14H12ClN5O. The highest BCUT2D eigenvalue weighted by molar-refractivity contribution is 6.34. The van der Waals surface area contributed by atoms with Gasteiger partial charge in [-0.25, -0.2) is 4.98 Å². The molecule has 21 heavy (non-hydrogen) atoms. The Kier molecular flexibility index (Phi) is 3.31.